The molecule has 6 heteroatoms. The van der Waals surface area contributed by atoms with Crippen LogP contribution in [0.25, 0.3) is 0 Å². The summed E-state index contributed by atoms with van der Waals surface area (Å²) in [6, 6.07) is 0. The van der Waals surface area contributed by atoms with Crippen LogP contribution in [-0.4, -0.2) is 24.1 Å². The molecule has 0 saturated heterocycles. The Morgan fingerprint density at radius 1 is 1.38 bits per heavy atom. The predicted molar refractivity (Wildman–Crippen MR) is 62.1 cm³/mol. The van der Waals surface area contributed by atoms with E-state index in [1.165, 1.54) is 12.8 Å². The van der Waals surface area contributed by atoms with Crippen LogP contribution in [0.1, 0.15) is 33.1 Å². The lowest BCUT2D eigenvalue weighted by Crippen LogP contribution is -2.03. The molecule has 0 rings (SSSR count). The third-order valence-electron chi connectivity index (χ3n) is 1.40. The van der Waals surface area contributed by atoms with Crippen molar-refractivity contribution in [2.75, 3.05) is 13.2 Å². The van der Waals surface area contributed by atoms with Crippen LogP contribution in [0.4, 0.5) is 0 Å². The van der Waals surface area contributed by atoms with Gasteiger partial charge >= 0.3 is 14.2 Å². The fourth-order valence-electron chi connectivity index (χ4n) is 0.433. The lowest BCUT2D eigenvalue weighted by molar-refractivity contribution is -0.137. The number of rotatable bonds is 7. The van der Waals surface area contributed by atoms with Crippen LogP contribution in [0, 0.1) is 0 Å². The molecule has 1 unspecified atom stereocenters. The highest BCUT2D eigenvalue weighted by atomic mass is 31.1. The molecule has 0 aromatic rings. The molecule has 0 bridgehead atoms. The molecule has 0 aliphatic carbocycles. The number of esters is 1. The number of hydrogen-bond acceptors (Lipinski definition) is 4. The van der Waals surface area contributed by atoms with E-state index in [1.807, 2.05) is 0 Å². The third-order valence-corrected chi connectivity index (χ3v) is 1.80. The summed E-state index contributed by atoms with van der Waals surface area (Å²) < 4.78 is 18.8. The highest BCUT2D eigenvalue weighted by Gasteiger charge is 2.10. The molecule has 0 fully saturated rings. The van der Waals surface area contributed by atoms with Gasteiger partial charge in [0.15, 0.2) is 0 Å². The van der Waals surface area contributed by atoms with Crippen LogP contribution >= 0.6 is 8.25 Å². The first-order valence-corrected chi connectivity index (χ1v) is 6.29. The second kappa shape index (κ2) is 14.2. The second-order valence-corrected chi connectivity index (χ2v) is 3.53. The van der Waals surface area contributed by atoms with Crippen molar-refractivity contribution in [3.8, 4) is 0 Å². The van der Waals surface area contributed by atoms with Crippen LogP contribution in [-0.2, 0) is 18.6 Å². The summed E-state index contributed by atoms with van der Waals surface area (Å²) in [4.78, 5) is 18.6. The Bertz CT molecular complexity index is 203. The van der Waals surface area contributed by atoms with Crippen molar-refractivity contribution in [2.24, 2.45) is 0 Å². The molecule has 1 atom stereocenters. The summed E-state index contributed by atoms with van der Waals surface area (Å²) in [7, 11) is -2.55. The molecular weight excluding hydrogens is 231 g/mol. The van der Waals surface area contributed by atoms with E-state index >= 15 is 0 Å². The maximum atomic E-state index is 10.4. The Hall–Kier alpha value is -0.770. The zero-order chi connectivity index (χ0) is 12.8. The number of hydrogen-bond donors (Lipinski definition) is 1. The minimum absolute atomic E-state index is 0.0934. The van der Waals surface area contributed by atoms with Gasteiger partial charge < -0.3 is 4.74 Å². The van der Waals surface area contributed by atoms with Crippen LogP contribution in [0.15, 0.2) is 12.7 Å². The van der Waals surface area contributed by atoms with Crippen molar-refractivity contribution in [1.29, 1.82) is 0 Å². The molecule has 0 heterocycles. The van der Waals surface area contributed by atoms with Gasteiger partial charge in [-0.15, -0.1) is 9.42 Å². The average Bonchev–Trinajstić information content (AvgIpc) is 2.28. The van der Waals surface area contributed by atoms with Crippen molar-refractivity contribution < 1.29 is 23.5 Å². The van der Waals surface area contributed by atoms with Gasteiger partial charge in [-0.3, -0.25) is 0 Å². The predicted octanol–water partition coefficient (Wildman–Crippen LogP) is 2.58. The first-order valence-electron chi connectivity index (χ1n) is 5.16. The summed E-state index contributed by atoms with van der Waals surface area (Å²) in [5.74, 6) is -0.511. The molecule has 0 spiro atoms. The van der Waals surface area contributed by atoms with E-state index in [1.54, 1.807) is 0 Å². The summed E-state index contributed by atoms with van der Waals surface area (Å²) in [6.07, 6.45) is 4.08. The normalized spacial score (nSPS) is 9.81. The van der Waals surface area contributed by atoms with Gasteiger partial charge in [0.05, 0.1) is 6.61 Å². The maximum absolute atomic E-state index is 10.4. The molecule has 1 N–H and O–H groups in total. The van der Waals surface area contributed by atoms with Gasteiger partial charge in [-0.1, -0.05) is 33.3 Å². The number of carbonyl (C=O) groups is 1. The summed E-state index contributed by atoms with van der Waals surface area (Å²) in [6.45, 7) is 7.81. The number of ether oxygens (including phenoxy) is 1. The summed E-state index contributed by atoms with van der Waals surface area (Å²) >= 11 is 0. The standard InChI is InChI=1S/C6H9O5P.C4H10/c1-2-6(7)10-4-3-5-11-12(8)9;1-3-4-2/h2H,1,3-5H2;3-4H2,1-2H3/p+1. The van der Waals surface area contributed by atoms with Crippen LogP contribution < -0.4 is 0 Å². The monoisotopic (exact) mass is 251 g/mol. The summed E-state index contributed by atoms with van der Waals surface area (Å²) in [5, 5.41) is 0. The molecule has 94 valence electrons. The van der Waals surface area contributed by atoms with Gasteiger partial charge in [-0.2, -0.15) is 0 Å². The molecular formula is C10H20O5P+. The lowest BCUT2D eigenvalue weighted by Gasteiger charge is -1.97. The van der Waals surface area contributed by atoms with Crippen LogP contribution in [0.2, 0.25) is 0 Å². The van der Waals surface area contributed by atoms with E-state index in [0.29, 0.717) is 6.42 Å². The van der Waals surface area contributed by atoms with Crippen molar-refractivity contribution in [1.82, 2.24) is 0 Å². The third kappa shape index (κ3) is 18.9. The largest absolute Gasteiger partial charge is 0.694 e. The Labute approximate surface area is 97.4 Å². The average molecular weight is 251 g/mol. The smallest absolute Gasteiger partial charge is 0.462 e. The van der Waals surface area contributed by atoms with Gasteiger partial charge in [0.1, 0.15) is 6.61 Å². The molecule has 16 heavy (non-hydrogen) atoms. The first-order chi connectivity index (χ1) is 7.58. The van der Waals surface area contributed by atoms with Gasteiger partial charge in [0.25, 0.3) is 0 Å². The van der Waals surface area contributed by atoms with Gasteiger partial charge in [-0.05, 0) is 0 Å². The number of carbonyl (C=O) groups excluding carboxylic acids is 1. The van der Waals surface area contributed by atoms with Crippen molar-refractivity contribution in [2.45, 2.75) is 33.1 Å². The van der Waals surface area contributed by atoms with E-state index in [0.717, 1.165) is 6.08 Å². The van der Waals surface area contributed by atoms with Crippen molar-refractivity contribution in [3.63, 3.8) is 0 Å². The first kappa shape index (κ1) is 17.6. The summed E-state index contributed by atoms with van der Waals surface area (Å²) in [5.41, 5.74) is 0. The van der Waals surface area contributed by atoms with E-state index in [-0.39, 0.29) is 13.2 Å². The maximum Gasteiger partial charge on any atom is 0.694 e. The topological polar surface area (TPSA) is 72.8 Å². The van der Waals surface area contributed by atoms with Crippen molar-refractivity contribution >= 4 is 14.2 Å². The van der Waals surface area contributed by atoms with Gasteiger partial charge in [0, 0.05) is 17.1 Å². The Kier molecular flexibility index (Phi) is 15.7. The molecule has 5 nitrogen and oxygen atoms in total. The molecule has 0 radical (unpaired) electrons. The van der Waals surface area contributed by atoms with Crippen molar-refractivity contribution in [3.05, 3.63) is 12.7 Å². The van der Waals surface area contributed by atoms with E-state index in [9.17, 15) is 9.36 Å². The van der Waals surface area contributed by atoms with Crippen LogP contribution in [0.3, 0.4) is 0 Å². The minimum Gasteiger partial charge on any atom is -0.462 e. The fraction of sp³-hybridized carbons (Fsp3) is 0.700. The highest BCUT2D eigenvalue weighted by molar-refractivity contribution is 7.32. The molecule has 0 aliphatic heterocycles. The highest BCUT2D eigenvalue weighted by Crippen LogP contribution is 2.13. The van der Waals surface area contributed by atoms with E-state index in [4.69, 9.17) is 4.89 Å². The zero-order valence-corrected chi connectivity index (χ0v) is 10.7. The Morgan fingerprint density at radius 3 is 2.31 bits per heavy atom. The minimum atomic E-state index is -2.55. The molecule has 0 aromatic carbocycles. The van der Waals surface area contributed by atoms with Gasteiger partial charge in [0.2, 0.25) is 0 Å². The lowest BCUT2D eigenvalue weighted by atomic mass is 10.4. The second-order valence-electron chi connectivity index (χ2n) is 2.80. The van der Waals surface area contributed by atoms with Crippen LogP contribution in [0.5, 0.6) is 0 Å². The van der Waals surface area contributed by atoms with Gasteiger partial charge in [-0.25, -0.2) is 4.79 Å². The SMILES string of the molecule is C=CC(=O)OCCCO[P+](=O)O.CCCC. The molecule has 0 aliphatic rings. The molecule has 0 amide bonds. The zero-order valence-electron chi connectivity index (χ0n) is 9.85. The molecule has 0 saturated carbocycles. The molecule has 0 aromatic heterocycles. The van der Waals surface area contributed by atoms with E-state index in [2.05, 4.69) is 29.7 Å². The van der Waals surface area contributed by atoms with E-state index < -0.39 is 14.2 Å². The Morgan fingerprint density at radius 2 is 1.94 bits per heavy atom. The quantitative estimate of drug-likeness (QED) is 0.326. The Balaban J connectivity index is 0. The fourth-order valence-corrected chi connectivity index (χ4v) is 0.719. The number of unbranched alkanes of at least 4 members (excludes halogenated alkanes) is 1.